The normalized spacial score (nSPS) is 11.2. The molecule has 0 bridgehead atoms. The highest BCUT2D eigenvalue weighted by atomic mass is 35.5. The summed E-state index contributed by atoms with van der Waals surface area (Å²) < 4.78 is 16.7. The fourth-order valence-corrected chi connectivity index (χ4v) is 13.1. The molecule has 0 aliphatic heterocycles. The second-order valence-corrected chi connectivity index (χ2v) is 21.1. The van der Waals surface area contributed by atoms with E-state index in [-0.39, 0.29) is 37.6 Å². The molecule has 0 amide bonds. The van der Waals surface area contributed by atoms with E-state index in [1.165, 1.54) is 22.7 Å². The zero-order chi connectivity index (χ0) is 47.1. The van der Waals surface area contributed by atoms with Crippen molar-refractivity contribution in [1.29, 1.82) is 0 Å². The van der Waals surface area contributed by atoms with E-state index in [4.69, 9.17) is 32.7 Å². The van der Waals surface area contributed by atoms with Gasteiger partial charge in [0.05, 0.1) is 46.9 Å². The molecule has 0 aliphatic rings. The molecule has 7 aromatic rings. The molecule has 4 heterocycles. The van der Waals surface area contributed by atoms with Crippen molar-refractivity contribution in [3.63, 3.8) is 0 Å². The molecular formula is C52H48Cl2N2O6S4+2. The van der Waals surface area contributed by atoms with Crippen molar-refractivity contribution < 1.29 is 37.8 Å². The summed E-state index contributed by atoms with van der Waals surface area (Å²) in [6.45, 7) is 12.1. The van der Waals surface area contributed by atoms with Crippen LogP contribution in [0.5, 0.6) is 0 Å². The minimum atomic E-state index is -0.416. The Kier molecular flexibility index (Phi) is 16.4. The van der Waals surface area contributed by atoms with Crippen LogP contribution in [-0.2, 0) is 43.4 Å². The number of benzene rings is 3. The fourth-order valence-electron chi connectivity index (χ4n) is 7.66. The maximum absolute atomic E-state index is 14.4. The Labute approximate surface area is 411 Å². The molecule has 0 N–H and O–H groups in total. The summed E-state index contributed by atoms with van der Waals surface area (Å²) in [5, 5.41) is 1.04. The Balaban J connectivity index is 1.29. The number of thiophene rings is 2. The first kappa shape index (κ1) is 48.8. The minimum Gasteiger partial charge on any atom is -0.466 e. The quantitative estimate of drug-likeness (QED) is 0.0363. The Morgan fingerprint density at radius 3 is 1.23 bits per heavy atom. The lowest BCUT2D eigenvalue weighted by atomic mass is 10.0. The maximum Gasteiger partial charge on any atom is 0.310 e. The van der Waals surface area contributed by atoms with Gasteiger partial charge in [-0.15, -0.1) is 46.2 Å². The number of hydrogen-bond donors (Lipinski definition) is 0. The third-order valence-corrected chi connectivity index (χ3v) is 16.0. The highest BCUT2D eigenvalue weighted by molar-refractivity contribution is 8.01. The number of ether oxygens (including phenoxy) is 2. The second kappa shape index (κ2) is 22.1. The van der Waals surface area contributed by atoms with Gasteiger partial charge in [0.2, 0.25) is 22.9 Å². The van der Waals surface area contributed by atoms with Gasteiger partial charge in [0.25, 0.3) is 0 Å². The molecule has 66 heavy (non-hydrogen) atoms. The summed E-state index contributed by atoms with van der Waals surface area (Å²) in [7, 11) is 0. The SMILES string of the molecule is CCOC(=O)Cc1c(C(=O)c2ccc(Cl)cc2)sc(SCc2ccccc2CSc2sc(C(=O)c3ccc(Cl)cc3)c(CC(=O)OCC)c2-[n+]2cc(C)cc(C)c2)c1-[n+]1cc(C)cc(C)c1. The van der Waals surface area contributed by atoms with Crippen molar-refractivity contribution in [2.75, 3.05) is 13.2 Å². The molecule has 3 aromatic carbocycles. The van der Waals surface area contributed by atoms with E-state index >= 15 is 0 Å². The van der Waals surface area contributed by atoms with Crippen LogP contribution < -0.4 is 9.13 Å². The van der Waals surface area contributed by atoms with Crippen LogP contribution in [0.2, 0.25) is 10.0 Å². The number of aryl methyl sites for hydroxylation is 4. The van der Waals surface area contributed by atoms with Crippen LogP contribution in [0.4, 0.5) is 0 Å². The van der Waals surface area contributed by atoms with Crippen LogP contribution in [0.1, 0.15) is 88.8 Å². The third-order valence-electron chi connectivity index (χ3n) is 10.4. The molecule has 0 aliphatic carbocycles. The highest BCUT2D eigenvalue weighted by Crippen LogP contribution is 2.43. The van der Waals surface area contributed by atoms with Gasteiger partial charge >= 0.3 is 11.9 Å². The van der Waals surface area contributed by atoms with E-state index in [1.807, 2.05) is 73.7 Å². The molecule has 0 atom stereocenters. The molecular weight excluding hydrogens is 948 g/mol. The molecule has 0 radical (unpaired) electrons. The van der Waals surface area contributed by atoms with Crippen LogP contribution in [0.15, 0.2) is 118 Å². The predicted molar refractivity (Wildman–Crippen MR) is 267 cm³/mol. The molecule has 338 valence electrons. The number of carbonyl (C=O) groups excluding carboxylic acids is 4. The van der Waals surface area contributed by atoms with Crippen molar-refractivity contribution >= 4 is 92.9 Å². The zero-order valence-corrected chi connectivity index (χ0v) is 42.1. The number of nitrogens with zero attached hydrogens (tertiary/aromatic N) is 2. The van der Waals surface area contributed by atoms with Gasteiger partial charge in [-0.1, -0.05) is 47.5 Å². The van der Waals surface area contributed by atoms with Gasteiger partial charge < -0.3 is 9.47 Å². The van der Waals surface area contributed by atoms with E-state index in [1.54, 1.807) is 85.9 Å². The smallest absolute Gasteiger partial charge is 0.310 e. The van der Waals surface area contributed by atoms with Crippen molar-refractivity contribution in [3.05, 3.63) is 185 Å². The number of pyridine rings is 2. The standard InChI is InChI=1S/C52H48Cl2N2O6S4/c1-7-61-43(57)23-41-45(55-25-31(3)21-32(4)26-55)51(65-49(41)47(59)35-13-17-39(53)18-14-35)63-29-37-11-9-10-12-38(37)30-64-52-46(56-27-33(5)22-34(6)28-56)42(24-44(58)62-8-2)50(66-52)48(60)36-15-19-40(54)20-16-36/h9-22,25-28H,7-8,23-24,29-30H2,1-6H3/q+2. The first-order valence-corrected chi connectivity index (χ1v) is 25.6. The number of thioether (sulfide) groups is 2. The molecule has 4 aromatic heterocycles. The number of hydrogen-bond acceptors (Lipinski definition) is 10. The summed E-state index contributed by atoms with van der Waals surface area (Å²) in [5.74, 6) is -0.117. The summed E-state index contributed by atoms with van der Waals surface area (Å²) in [6, 6.07) is 26.0. The summed E-state index contributed by atoms with van der Waals surface area (Å²) in [6.07, 6.45) is 7.91. The minimum absolute atomic E-state index is 0.0790. The van der Waals surface area contributed by atoms with Crippen LogP contribution in [0, 0.1) is 27.7 Å². The molecule has 7 rings (SSSR count). The van der Waals surface area contributed by atoms with Gasteiger partial charge in [-0.25, -0.2) is 0 Å². The number of halogens is 2. The predicted octanol–water partition coefficient (Wildman–Crippen LogP) is 12.2. The number of carbonyl (C=O) groups is 4. The van der Waals surface area contributed by atoms with Crippen LogP contribution in [-0.4, -0.2) is 36.7 Å². The van der Waals surface area contributed by atoms with Gasteiger partial charge in [0.1, 0.15) is 8.42 Å². The monoisotopic (exact) mass is 994 g/mol. The lowest BCUT2D eigenvalue weighted by Gasteiger charge is -2.10. The van der Waals surface area contributed by atoms with Crippen molar-refractivity contribution in [1.82, 2.24) is 0 Å². The Morgan fingerprint density at radius 2 is 0.894 bits per heavy atom. The first-order chi connectivity index (χ1) is 31.7. The largest absolute Gasteiger partial charge is 0.466 e. The molecule has 0 fully saturated rings. The molecule has 0 spiro atoms. The number of aromatic nitrogens is 2. The summed E-state index contributed by atoms with van der Waals surface area (Å²) >= 11 is 18.4. The van der Waals surface area contributed by atoms with Crippen molar-refractivity contribution in [3.8, 4) is 11.4 Å². The number of esters is 2. The Hall–Kier alpha value is -5.08. The molecule has 8 nitrogen and oxygen atoms in total. The lowest BCUT2D eigenvalue weighted by molar-refractivity contribution is -0.599. The number of ketones is 2. The van der Waals surface area contributed by atoms with Crippen molar-refractivity contribution in [2.24, 2.45) is 0 Å². The molecule has 0 saturated heterocycles. The fraction of sp³-hybridized carbons (Fsp3) is 0.231. The van der Waals surface area contributed by atoms with Gasteiger partial charge in [-0.05, 0) is 113 Å². The summed E-state index contributed by atoms with van der Waals surface area (Å²) in [4.78, 5) is 56.2. The van der Waals surface area contributed by atoms with E-state index < -0.39 is 11.9 Å². The molecule has 0 saturated carbocycles. The van der Waals surface area contributed by atoms with E-state index in [0.29, 0.717) is 53.6 Å². The van der Waals surface area contributed by atoms with Crippen LogP contribution in [0.3, 0.4) is 0 Å². The lowest BCUT2D eigenvalue weighted by Crippen LogP contribution is -2.33. The van der Waals surface area contributed by atoms with E-state index in [0.717, 1.165) is 53.2 Å². The molecule has 14 heteroatoms. The molecule has 0 unspecified atom stereocenters. The van der Waals surface area contributed by atoms with Gasteiger partial charge in [0.15, 0.2) is 24.8 Å². The summed E-state index contributed by atoms with van der Waals surface area (Å²) in [5.41, 5.74) is 9.99. The van der Waals surface area contributed by atoms with Crippen LogP contribution in [0.25, 0.3) is 11.4 Å². The Morgan fingerprint density at radius 1 is 0.545 bits per heavy atom. The number of rotatable bonds is 18. The van der Waals surface area contributed by atoms with Crippen molar-refractivity contribution in [2.45, 2.75) is 74.3 Å². The average Bonchev–Trinajstić information content (AvgIpc) is 3.82. The van der Waals surface area contributed by atoms with Gasteiger partial charge in [0, 0.05) is 54.9 Å². The zero-order valence-electron chi connectivity index (χ0n) is 37.4. The third kappa shape index (κ3) is 11.7. The average molecular weight is 996 g/mol. The maximum atomic E-state index is 14.4. The highest BCUT2D eigenvalue weighted by Gasteiger charge is 2.34. The van der Waals surface area contributed by atoms with Gasteiger partial charge in [-0.2, -0.15) is 9.13 Å². The van der Waals surface area contributed by atoms with Crippen LogP contribution >= 0.6 is 69.4 Å². The van der Waals surface area contributed by atoms with E-state index in [2.05, 4.69) is 24.3 Å². The Bertz CT molecular complexity index is 2710. The topological polar surface area (TPSA) is 94.5 Å². The first-order valence-electron chi connectivity index (χ1n) is 21.3. The van der Waals surface area contributed by atoms with E-state index in [9.17, 15) is 19.2 Å². The van der Waals surface area contributed by atoms with Gasteiger partial charge in [-0.3, -0.25) is 19.2 Å². The second-order valence-electron chi connectivity index (χ2n) is 15.7.